The van der Waals surface area contributed by atoms with Crippen molar-refractivity contribution < 1.29 is 0 Å². The number of nitrogens with one attached hydrogen (secondary N) is 1. The third kappa shape index (κ3) is 3.49. The van der Waals surface area contributed by atoms with E-state index in [1.807, 2.05) is 6.20 Å². The molecule has 4 heteroatoms. The summed E-state index contributed by atoms with van der Waals surface area (Å²) < 4.78 is 0. The Balaban J connectivity index is 1.63. The van der Waals surface area contributed by atoms with Crippen LogP contribution in [0.1, 0.15) is 31.2 Å². The normalized spacial score (nSPS) is 23.8. The summed E-state index contributed by atoms with van der Waals surface area (Å²) in [6.07, 6.45) is 7.18. The Bertz CT molecular complexity index is 444. The lowest BCUT2D eigenvalue weighted by molar-refractivity contribution is 0.247. The molecule has 1 saturated carbocycles. The van der Waals surface area contributed by atoms with Gasteiger partial charge in [-0.05, 0) is 57.0 Å². The molecule has 1 aromatic heterocycles. The van der Waals surface area contributed by atoms with E-state index in [0.29, 0.717) is 6.04 Å². The first-order chi connectivity index (χ1) is 9.72. The zero-order valence-electron chi connectivity index (χ0n) is 12.7. The number of nitrogens with zero attached hydrogens (tertiary/aromatic N) is 3. The molecule has 1 N–H and O–H groups in total. The molecule has 0 aromatic carbocycles. The van der Waals surface area contributed by atoms with Crippen molar-refractivity contribution >= 4 is 5.82 Å². The average Bonchev–Trinajstić information content (AvgIpc) is 3.29. The van der Waals surface area contributed by atoms with Crippen molar-refractivity contribution in [2.75, 3.05) is 32.1 Å². The van der Waals surface area contributed by atoms with Crippen molar-refractivity contribution in [1.82, 2.24) is 15.2 Å². The molecule has 1 unspecified atom stereocenters. The summed E-state index contributed by atoms with van der Waals surface area (Å²) in [7, 11) is 4.40. The first-order valence-corrected chi connectivity index (χ1v) is 7.82. The van der Waals surface area contributed by atoms with Gasteiger partial charge in [0, 0.05) is 38.4 Å². The quantitative estimate of drug-likeness (QED) is 0.888. The van der Waals surface area contributed by atoms with Crippen LogP contribution in [-0.2, 0) is 6.54 Å². The van der Waals surface area contributed by atoms with Gasteiger partial charge in [0.2, 0.25) is 0 Å². The highest BCUT2D eigenvalue weighted by Crippen LogP contribution is 2.22. The van der Waals surface area contributed by atoms with E-state index < -0.39 is 0 Å². The summed E-state index contributed by atoms with van der Waals surface area (Å²) >= 11 is 0. The number of rotatable bonds is 5. The third-order valence-corrected chi connectivity index (χ3v) is 4.49. The zero-order valence-corrected chi connectivity index (χ0v) is 12.7. The van der Waals surface area contributed by atoms with Crippen molar-refractivity contribution in [3.63, 3.8) is 0 Å². The topological polar surface area (TPSA) is 31.4 Å². The highest BCUT2D eigenvalue weighted by Gasteiger charge is 2.22. The van der Waals surface area contributed by atoms with Gasteiger partial charge in [-0.25, -0.2) is 4.98 Å². The van der Waals surface area contributed by atoms with Gasteiger partial charge in [-0.2, -0.15) is 0 Å². The lowest BCUT2D eigenvalue weighted by Crippen LogP contribution is -2.45. The molecule has 0 spiro atoms. The van der Waals surface area contributed by atoms with E-state index in [4.69, 9.17) is 0 Å². The number of hydrogen-bond acceptors (Lipinski definition) is 4. The van der Waals surface area contributed by atoms with Gasteiger partial charge in [0.15, 0.2) is 0 Å². The molecule has 1 saturated heterocycles. The maximum atomic E-state index is 4.56. The smallest absolute Gasteiger partial charge is 0.128 e. The second-order valence-electron chi connectivity index (χ2n) is 6.35. The Labute approximate surface area is 122 Å². The Morgan fingerprint density at radius 1 is 1.40 bits per heavy atom. The number of likely N-dealkylation sites (tertiary alicyclic amines) is 1. The first kappa shape index (κ1) is 13.8. The number of pyridine rings is 1. The van der Waals surface area contributed by atoms with Crippen LogP contribution >= 0.6 is 0 Å². The minimum absolute atomic E-state index is 0.591. The Morgan fingerprint density at radius 3 is 3.00 bits per heavy atom. The minimum atomic E-state index is 0.591. The summed E-state index contributed by atoms with van der Waals surface area (Å²) in [5.74, 6) is 1.11. The zero-order chi connectivity index (χ0) is 13.9. The van der Waals surface area contributed by atoms with Gasteiger partial charge in [-0.1, -0.05) is 0 Å². The average molecular weight is 274 g/mol. The van der Waals surface area contributed by atoms with Crippen molar-refractivity contribution in [3.05, 3.63) is 23.9 Å². The van der Waals surface area contributed by atoms with Crippen molar-refractivity contribution in [2.45, 2.75) is 44.3 Å². The summed E-state index contributed by atoms with van der Waals surface area (Å²) in [5, 5.41) is 3.57. The molecule has 2 fully saturated rings. The summed E-state index contributed by atoms with van der Waals surface area (Å²) in [5.41, 5.74) is 1.35. The second-order valence-corrected chi connectivity index (χ2v) is 6.35. The molecule has 2 heterocycles. The highest BCUT2D eigenvalue weighted by atomic mass is 15.2. The molecule has 1 aliphatic carbocycles. The van der Waals surface area contributed by atoms with Crippen molar-refractivity contribution in [3.8, 4) is 0 Å². The molecule has 0 bridgehead atoms. The lowest BCUT2D eigenvalue weighted by atomic mass is 10.0. The fourth-order valence-electron chi connectivity index (χ4n) is 2.96. The van der Waals surface area contributed by atoms with E-state index >= 15 is 0 Å². The molecule has 110 valence electrons. The van der Waals surface area contributed by atoms with Crippen molar-refractivity contribution in [1.29, 1.82) is 0 Å². The van der Waals surface area contributed by atoms with Gasteiger partial charge < -0.3 is 15.1 Å². The standard InChI is InChI=1S/C16H26N4/c1-19-9-3-4-15(12-19)20(2)16-10-13(7-8-17-16)11-18-14-5-6-14/h7-8,10,14-15,18H,3-6,9,11-12H2,1-2H3. The van der Waals surface area contributed by atoms with Crippen LogP contribution in [0.5, 0.6) is 0 Å². The lowest BCUT2D eigenvalue weighted by Gasteiger charge is -2.36. The predicted octanol–water partition coefficient (Wildman–Crippen LogP) is 1.86. The molecule has 1 atom stereocenters. The van der Waals surface area contributed by atoms with E-state index in [0.717, 1.165) is 24.9 Å². The van der Waals surface area contributed by atoms with Crippen molar-refractivity contribution in [2.24, 2.45) is 0 Å². The van der Waals surface area contributed by atoms with Gasteiger partial charge in [0.25, 0.3) is 0 Å². The summed E-state index contributed by atoms with van der Waals surface area (Å²) in [4.78, 5) is 9.34. The number of hydrogen-bond donors (Lipinski definition) is 1. The van der Waals surface area contributed by atoms with Gasteiger partial charge in [0.05, 0.1) is 0 Å². The molecule has 20 heavy (non-hydrogen) atoms. The summed E-state index contributed by atoms with van der Waals surface area (Å²) in [6.45, 7) is 3.34. The Kier molecular flexibility index (Phi) is 4.22. The monoisotopic (exact) mass is 274 g/mol. The van der Waals surface area contributed by atoms with E-state index in [1.54, 1.807) is 0 Å². The molecule has 1 aliphatic heterocycles. The number of piperidine rings is 1. The Hall–Kier alpha value is -1.13. The molecule has 0 amide bonds. The van der Waals surface area contributed by atoms with E-state index in [2.05, 4.69) is 46.3 Å². The van der Waals surface area contributed by atoms with E-state index in [1.165, 1.54) is 37.8 Å². The highest BCUT2D eigenvalue weighted by molar-refractivity contribution is 5.41. The van der Waals surface area contributed by atoms with E-state index in [-0.39, 0.29) is 0 Å². The van der Waals surface area contributed by atoms with Gasteiger partial charge >= 0.3 is 0 Å². The maximum Gasteiger partial charge on any atom is 0.128 e. The largest absolute Gasteiger partial charge is 0.355 e. The van der Waals surface area contributed by atoms with Crippen LogP contribution in [0.15, 0.2) is 18.3 Å². The van der Waals surface area contributed by atoms with Gasteiger partial charge in [-0.15, -0.1) is 0 Å². The van der Waals surface area contributed by atoms with Crippen LogP contribution in [0.4, 0.5) is 5.82 Å². The summed E-state index contributed by atoms with van der Waals surface area (Å²) in [6, 6.07) is 5.72. The van der Waals surface area contributed by atoms with Crippen LogP contribution < -0.4 is 10.2 Å². The molecule has 2 aliphatic rings. The van der Waals surface area contributed by atoms with Crippen LogP contribution in [0, 0.1) is 0 Å². The van der Waals surface area contributed by atoms with Crippen LogP contribution in [-0.4, -0.2) is 49.2 Å². The molecule has 1 aromatic rings. The first-order valence-electron chi connectivity index (χ1n) is 7.82. The van der Waals surface area contributed by atoms with E-state index in [9.17, 15) is 0 Å². The molecule has 0 radical (unpaired) electrons. The van der Waals surface area contributed by atoms with Crippen LogP contribution in [0.3, 0.4) is 0 Å². The van der Waals surface area contributed by atoms with Gasteiger partial charge in [0.1, 0.15) is 5.82 Å². The predicted molar refractivity (Wildman–Crippen MR) is 83.0 cm³/mol. The maximum absolute atomic E-state index is 4.56. The fourth-order valence-corrected chi connectivity index (χ4v) is 2.96. The molecular formula is C16H26N4. The number of likely N-dealkylation sites (N-methyl/N-ethyl adjacent to an activating group) is 2. The SMILES string of the molecule is CN1CCCC(N(C)c2cc(CNC3CC3)ccn2)C1. The number of aromatic nitrogens is 1. The fraction of sp³-hybridized carbons (Fsp3) is 0.688. The Morgan fingerprint density at radius 2 is 2.25 bits per heavy atom. The van der Waals surface area contributed by atoms with Crippen LogP contribution in [0.25, 0.3) is 0 Å². The number of anilines is 1. The van der Waals surface area contributed by atoms with Crippen LogP contribution in [0.2, 0.25) is 0 Å². The molecule has 4 nitrogen and oxygen atoms in total. The minimum Gasteiger partial charge on any atom is -0.355 e. The molecule has 3 rings (SSSR count). The molecular weight excluding hydrogens is 248 g/mol. The third-order valence-electron chi connectivity index (χ3n) is 4.49. The van der Waals surface area contributed by atoms with Gasteiger partial charge in [-0.3, -0.25) is 0 Å². The second kappa shape index (κ2) is 6.10.